The summed E-state index contributed by atoms with van der Waals surface area (Å²) in [5.41, 5.74) is 3.72. The van der Waals surface area contributed by atoms with Crippen molar-refractivity contribution in [1.82, 2.24) is 25.3 Å². The number of aromatic nitrogens is 4. The average Bonchev–Trinajstić information content (AvgIpc) is 3.43. The fourth-order valence-corrected chi connectivity index (χ4v) is 5.33. The Bertz CT molecular complexity index is 1600. The molecule has 2 saturated heterocycles. The Labute approximate surface area is 246 Å². The van der Waals surface area contributed by atoms with Crippen LogP contribution in [0.3, 0.4) is 0 Å². The lowest BCUT2D eigenvalue weighted by atomic mass is 10.1. The number of nitrogens with zero attached hydrogens (tertiary/aromatic N) is 5. The van der Waals surface area contributed by atoms with Crippen molar-refractivity contribution in [2.75, 3.05) is 54.5 Å². The molecule has 2 aliphatic heterocycles. The highest BCUT2D eigenvalue weighted by Gasteiger charge is 2.40. The van der Waals surface area contributed by atoms with Crippen molar-refractivity contribution >= 4 is 34.1 Å². The number of pyridine rings is 1. The number of H-pyrrole nitrogens is 1. The number of ether oxygens (including phenoxy) is 1. The fraction of sp³-hybridized carbons (Fsp3) is 0.333. The zero-order chi connectivity index (χ0) is 30.0. The summed E-state index contributed by atoms with van der Waals surface area (Å²) in [6, 6.07) is 10.3. The van der Waals surface area contributed by atoms with Crippen LogP contribution in [0.1, 0.15) is 5.69 Å². The predicted molar refractivity (Wildman–Crippen MR) is 158 cm³/mol. The van der Waals surface area contributed by atoms with Crippen LogP contribution in [0.2, 0.25) is 0 Å². The van der Waals surface area contributed by atoms with Crippen LogP contribution in [0.15, 0.2) is 67.6 Å². The van der Waals surface area contributed by atoms with E-state index in [9.17, 15) is 18.0 Å². The van der Waals surface area contributed by atoms with E-state index >= 15 is 0 Å². The standard InChI is InChI=1S/C30H31F3N8O2/c1-2-27(42)38-22-16-41(17-22)23-7-8-34-21(13-23)14-26(30(31,32)33)37-20-5-3-19(4-6-20)25-15-24-28(39-25)35-18-36-29(24)40-9-11-43-12-10-40/h2-8,13,15,18,22,26,37H,1,9-12,14,16-17H2,(H,38,42)(H,35,36,39). The highest BCUT2D eigenvalue weighted by Crippen LogP contribution is 2.31. The number of alkyl halides is 3. The number of hydrogen-bond donors (Lipinski definition) is 3. The van der Waals surface area contributed by atoms with Gasteiger partial charge in [-0.2, -0.15) is 13.2 Å². The number of rotatable bonds is 9. The van der Waals surface area contributed by atoms with Gasteiger partial charge in [0, 0.05) is 61.6 Å². The maximum Gasteiger partial charge on any atom is 0.408 e. The second kappa shape index (κ2) is 11.9. The molecule has 13 heteroatoms. The maximum atomic E-state index is 14.1. The first-order valence-corrected chi connectivity index (χ1v) is 14.0. The molecular weight excluding hydrogens is 561 g/mol. The number of aromatic amines is 1. The van der Waals surface area contributed by atoms with Gasteiger partial charge in [0.05, 0.1) is 24.6 Å². The second-order valence-electron chi connectivity index (χ2n) is 10.6. The number of amides is 1. The molecular formula is C30H31F3N8O2. The summed E-state index contributed by atoms with van der Waals surface area (Å²) in [7, 11) is 0. The minimum Gasteiger partial charge on any atom is -0.378 e. The summed E-state index contributed by atoms with van der Waals surface area (Å²) in [5, 5.41) is 6.34. The first-order valence-electron chi connectivity index (χ1n) is 14.0. The fourth-order valence-electron chi connectivity index (χ4n) is 5.33. The van der Waals surface area contributed by atoms with Crippen LogP contribution >= 0.6 is 0 Å². The quantitative estimate of drug-likeness (QED) is 0.251. The number of fused-ring (bicyclic) bond motifs is 1. The van der Waals surface area contributed by atoms with Crippen molar-refractivity contribution in [2.45, 2.75) is 24.7 Å². The van der Waals surface area contributed by atoms with E-state index in [1.165, 1.54) is 18.6 Å². The van der Waals surface area contributed by atoms with Crippen LogP contribution in [0.5, 0.6) is 0 Å². The molecule has 0 spiro atoms. The lowest BCUT2D eigenvalue weighted by Gasteiger charge is -2.41. The van der Waals surface area contributed by atoms with Crippen molar-refractivity contribution in [3.63, 3.8) is 0 Å². The lowest BCUT2D eigenvalue weighted by molar-refractivity contribution is -0.142. The summed E-state index contributed by atoms with van der Waals surface area (Å²) in [6.45, 7) is 7.31. The Balaban J connectivity index is 1.14. The average molecular weight is 593 g/mol. The summed E-state index contributed by atoms with van der Waals surface area (Å²) in [6.07, 6.45) is -0.595. The molecule has 6 rings (SSSR count). The van der Waals surface area contributed by atoms with Crippen LogP contribution in [0.4, 0.5) is 30.4 Å². The first-order chi connectivity index (χ1) is 20.8. The van der Waals surface area contributed by atoms with Gasteiger partial charge in [-0.05, 0) is 42.0 Å². The van der Waals surface area contributed by atoms with Crippen LogP contribution in [0.25, 0.3) is 22.3 Å². The number of anilines is 3. The molecule has 2 fully saturated rings. The van der Waals surface area contributed by atoms with E-state index in [-0.39, 0.29) is 18.4 Å². The van der Waals surface area contributed by atoms with Gasteiger partial charge in [-0.25, -0.2) is 9.97 Å². The number of carbonyl (C=O) groups is 1. The van der Waals surface area contributed by atoms with Crippen molar-refractivity contribution in [3.05, 3.63) is 73.3 Å². The van der Waals surface area contributed by atoms with Crippen LogP contribution in [-0.2, 0) is 16.0 Å². The van der Waals surface area contributed by atoms with Crippen molar-refractivity contribution in [2.24, 2.45) is 0 Å². The van der Waals surface area contributed by atoms with Crippen molar-refractivity contribution < 1.29 is 22.7 Å². The van der Waals surface area contributed by atoms with Gasteiger partial charge in [-0.1, -0.05) is 18.7 Å². The van der Waals surface area contributed by atoms with E-state index in [2.05, 4.69) is 42.0 Å². The van der Waals surface area contributed by atoms with Gasteiger partial charge < -0.3 is 30.2 Å². The highest BCUT2D eigenvalue weighted by atomic mass is 19.4. The smallest absolute Gasteiger partial charge is 0.378 e. The second-order valence-corrected chi connectivity index (χ2v) is 10.6. The van der Waals surface area contributed by atoms with Crippen molar-refractivity contribution in [1.29, 1.82) is 0 Å². The minimum absolute atomic E-state index is 0.0289. The summed E-state index contributed by atoms with van der Waals surface area (Å²) in [4.78, 5) is 32.0. The molecule has 4 aromatic rings. The zero-order valence-electron chi connectivity index (χ0n) is 23.3. The highest BCUT2D eigenvalue weighted by molar-refractivity contribution is 5.92. The van der Waals surface area contributed by atoms with Gasteiger partial charge >= 0.3 is 6.18 Å². The molecule has 2 aliphatic rings. The normalized spacial score (nSPS) is 16.5. The molecule has 10 nitrogen and oxygen atoms in total. The van der Waals surface area contributed by atoms with Crippen molar-refractivity contribution in [3.8, 4) is 11.3 Å². The number of benzene rings is 1. The van der Waals surface area contributed by atoms with E-state index in [1.807, 2.05) is 11.0 Å². The molecule has 0 aliphatic carbocycles. The molecule has 1 aromatic carbocycles. The third kappa shape index (κ3) is 6.41. The molecule has 43 heavy (non-hydrogen) atoms. The maximum absolute atomic E-state index is 14.1. The van der Waals surface area contributed by atoms with Crippen LogP contribution in [-0.4, -0.2) is 83.5 Å². The largest absolute Gasteiger partial charge is 0.408 e. The minimum atomic E-state index is -4.50. The Kier molecular flexibility index (Phi) is 7.89. The molecule has 224 valence electrons. The molecule has 3 aromatic heterocycles. The number of morpholine rings is 1. The number of hydrogen-bond acceptors (Lipinski definition) is 8. The monoisotopic (exact) mass is 592 g/mol. The van der Waals surface area contributed by atoms with Crippen LogP contribution in [0, 0.1) is 0 Å². The summed E-state index contributed by atoms with van der Waals surface area (Å²) >= 11 is 0. The first kappa shape index (κ1) is 28.5. The number of carbonyl (C=O) groups excluding carboxylic acids is 1. The van der Waals surface area contributed by atoms with Gasteiger partial charge in [0.2, 0.25) is 5.91 Å². The predicted octanol–water partition coefficient (Wildman–Crippen LogP) is 3.93. The summed E-state index contributed by atoms with van der Waals surface area (Å²) in [5.74, 6) is 0.578. The molecule has 3 N–H and O–H groups in total. The Morgan fingerprint density at radius 1 is 1.09 bits per heavy atom. The van der Waals surface area contributed by atoms with Gasteiger partial charge in [-0.3, -0.25) is 9.78 Å². The lowest BCUT2D eigenvalue weighted by Crippen LogP contribution is -2.59. The Hall–Kier alpha value is -4.65. The van der Waals surface area contributed by atoms with Crippen LogP contribution < -0.4 is 20.4 Å². The van der Waals surface area contributed by atoms with E-state index in [4.69, 9.17) is 4.74 Å². The molecule has 5 heterocycles. The van der Waals surface area contributed by atoms with E-state index in [1.54, 1.807) is 36.4 Å². The molecule has 1 atom stereocenters. The molecule has 0 radical (unpaired) electrons. The number of halogens is 3. The molecule has 0 bridgehead atoms. The van der Waals surface area contributed by atoms with E-state index in [0.717, 1.165) is 41.2 Å². The molecule has 0 saturated carbocycles. The van der Waals surface area contributed by atoms with Gasteiger partial charge in [0.15, 0.2) is 0 Å². The zero-order valence-corrected chi connectivity index (χ0v) is 23.3. The number of nitrogens with one attached hydrogen (secondary N) is 3. The summed E-state index contributed by atoms with van der Waals surface area (Å²) < 4.78 is 47.8. The SMILES string of the molecule is C=CC(=O)NC1CN(c2ccnc(CC(Nc3ccc(-c4cc5c(N6CCOCC6)ncnc5[nH]4)cc3)C(F)(F)F)c2)C1. The van der Waals surface area contributed by atoms with E-state index in [0.29, 0.717) is 43.3 Å². The molecule has 1 unspecified atom stereocenters. The third-order valence-corrected chi connectivity index (χ3v) is 7.64. The van der Waals surface area contributed by atoms with Gasteiger partial charge in [0.25, 0.3) is 0 Å². The Morgan fingerprint density at radius 2 is 1.86 bits per heavy atom. The molecule has 1 amide bonds. The van der Waals surface area contributed by atoms with E-state index < -0.39 is 12.2 Å². The van der Waals surface area contributed by atoms with Gasteiger partial charge in [-0.15, -0.1) is 0 Å². The Morgan fingerprint density at radius 3 is 2.58 bits per heavy atom. The topological polar surface area (TPSA) is 111 Å². The third-order valence-electron chi connectivity index (χ3n) is 7.64. The van der Waals surface area contributed by atoms with Gasteiger partial charge in [0.1, 0.15) is 23.8 Å².